The number of ether oxygens (including phenoxy) is 3. The monoisotopic (exact) mass is 504 g/mol. The molecule has 1 aliphatic heterocycles. The van der Waals surface area contributed by atoms with Crippen molar-refractivity contribution in [2.75, 3.05) is 27.9 Å². The van der Waals surface area contributed by atoms with Crippen LogP contribution in [0.1, 0.15) is 22.8 Å². The summed E-state index contributed by atoms with van der Waals surface area (Å²) in [6.45, 7) is 2.08. The number of hydrogen-bond acceptors (Lipinski definition) is 7. The summed E-state index contributed by atoms with van der Waals surface area (Å²) in [6, 6.07) is 10.4. The van der Waals surface area contributed by atoms with E-state index < -0.39 is 0 Å². The third-order valence-electron chi connectivity index (χ3n) is 4.36. The molecule has 1 aliphatic rings. The van der Waals surface area contributed by atoms with E-state index >= 15 is 0 Å². The van der Waals surface area contributed by atoms with E-state index in [1.807, 2.05) is 6.07 Å². The number of hydrogen-bond donors (Lipinski definition) is 0. The molecule has 1 saturated heterocycles. The van der Waals surface area contributed by atoms with Crippen LogP contribution in [0.2, 0.25) is 0 Å². The largest absolute Gasteiger partial charge is 0.493 e. The van der Waals surface area contributed by atoms with Gasteiger partial charge in [-0.25, -0.2) is 9.79 Å². The molecule has 31 heavy (non-hydrogen) atoms. The molecule has 0 radical (unpaired) electrons. The van der Waals surface area contributed by atoms with Gasteiger partial charge in [0.05, 0.1) is 41.5 Å². The lowest BCUT2D eigenvalue weighted by Gasteiger charge is -2.10. The SMILES string of the molecule is CCOC(=O)c1ccc(N=C2S/C(=C\c3cc(Br)c(OC)c(OC)c3)C(=O)N2C)cc1. The Morgan fingerprint density at radius 1 is 1.19 bits per heavy atom. The first-order chi connectivity index (χ1) is 14.9. The summed E-state index contributed by atoms with van der Waals surface area (Å²) in [5.74, 6) is 0.608. The maximum atomic E-state index is 12.7. The number of rotatable bonds is 6. The minimum atomic E-state index is -0.379. The van der Waals surface area contributed by atoms with Crippen molar-refractivity contribution in [1.82, 2.24) is 4.90 Å². The Hall–Kier alpha value is -2.78. The number of nitrogens with zero attached hydrogens (tertiary/aromatic N) is 2. The van der Waals surface area contributed by atoms with Crippen LogP contribution in [0.15, 0.2) is 50.8 Å². The van der Waals surface area contributed by atoms with E-state index in [1.54, 1.807) is 64.6 Å². The Labute approximate surface area is 193 Å². The van der Waals surface area contributed by atoms with Crippen molar-refractivity contribution in [2.45, 2.75) is 6.92 Å². The fourth-order valence-electron chi connectivity index (χ4n) is 2.82. The Kier molecular flexibility index (Phi) is 7.40. The smallest absolute Gasteiger partial charge is 0.338 e. The molecule has 0 saturated carbocycles. The number of amides is 1. The van der Waals surface area contributed by atoms with Crippen molar-refractivity contribution >= 4 is 56.5 Å². The van der Waals surface area contributed by atoms with Crippen LogP contribution in [0.5, 0.6) is 11.5 Å². The number of benzene rings is 2. The summed E-state index contributed by atoms with van der Waals surface area (Å²) >= 11 is 4.74. The van der Waals surface area contributed by atoms with Gasteiger partial charge in [0.1, 0.15) is 0 Å². The Morgan fingerprint density at radius 2 is 1.90 bits per heavy atom. The first-order valence-electron chi connectivity index (χ1n) is 9.33. The Bertz CT molecular complexity index is 1070. The summed E-state index contributed by atoms with van der Waals surface area (Å²) < 4.78 is 16.4. The van der Waals surface area contributed by atoms with Gasteiger partial charge in [0.2, 0.25) is 0 Å². The molecule has 1 heterocycles. The topological polar surface area (TPSA) is 77.4 Å². The van der Waals surface area contributed by atoms with Crippen molar-refractivity contribution in [3.8, 4) is 11.5 Å². The molecule has 9 heteroatoms. The molecule has 3 rings (SSSR count). The summed E-state index contributed by atoms with van der Waals surface area (Å²) in [7, 11) is 4.79. The number of methoxy groups -OCH3 is 2. The van der Waals surface area contributed by atoms with Gasteiger partial charge in [0.25, 0.3) is 5.91 Å². The number of carbonyl (C=O) groups excluding carboxylic acids is 2. The molecule has 0 aliphatic carbocycles. The van der Waals surface area contributed by atoms with E-state index in [0.29, 0.717) is 39.4 Å². The zero-order valence-electron chi connectivity index (χ0n) is 17.5. The highest BCUT2D eigenvalue weighted by Gasteiger charge is 2.30. The van der Waals surface area contributed by atoms with Gasteiger partial charge in [0.15, 0.2) is 16.7 Å². The molecule has 2 aromatic carbocycles. The standard InChI is InChI=1S/C22H21BrN2O5S/c1-5-30-21(27)14-6-8-15(9-7-14)24-22-25(2)20(26)18(31-22)12-13-10-16(23)19(29-4)17(11-13)28-3/h6-12H,5H2,1-4H3/b18-12-,24-22?. The summed E-state index contributed by atoms with van der Waals surface area (Å²) in [4.78, 5) is 31.1. The summed E-state index contributed by atoms with van der Waals surface area (Å²) in [5.41, 5.74) is 1.87. The number of amidine groups is 1. The summed E-state index contributed by atoms with van der Waals surface area (Å²) in [5, 5.41) is 0.541. The van der Waals surface area contributed by atoms with Crippen molar-refractivity contribution in [3.05, 3.63) is 56.9 Å². The van der Waals surface area contributed by atoms with Crippen molar-refractivity contribution in [3.63, 3.8) is 0 Å². The first kappa shape index (κ1) is 22.9. The number of esters is 1. The van der Waals surface area contributed by atoms with Crippen molar-refractivity contribution in [1.29, 1.82) is 0 Å². The van der Waals surface area contributed by atoms with Gasteiger partial charge < -0.3 is 14.2 Å². The predicted octanol–water partition coefficient (Wildman–Crippen LogP) is 4.88. The number of likely N-dealkylation sites (N-methyl/N-ethyl adjacent to an activating group) is 1. The summed E-state index contributed by atoms with van der Waals surface area (Å²) in [6.07, 6.45) is 1.78. The number of thioether (sulfide) groups is 1. The molecular formula is C22H21BrN2O5S. The molecule has 0 spiro atoms. The first-order valence-corrected chi connectivity index (χ1v) is 10.9. The fourth-order valence-corrected chi connectivity index (χ4v) is 4.43. The average Bonchev–Trinajstić information content (AvgIpc) is 3.01. The number of aliphatic imine (C=N–C) groups is 1. The minimum Gasteiger partial charge on any atom is -0.493 e. The molecule has 0 aromatic heterocycles. The molecule has 1 fully saturated rings. The lowest BCUT2D eigenvalue weighted by Crippen LogP contribution is -2.23. The van der Waals surface area contributed by atoms with Gasteiger partial charge in [-0.15, -0.1) is 0 Å². The van der Waals surface area contributed by atoms with E-state index in [0.717, 1.165) is 10.0 Å². The average molecular weight is 505 g/mol. The van der Waals surface area contributed by atoms with Gasteiger partial charge in [0, 0.05) is 7.05 Å². The quantitative estimate of drug-likeness (QED) is 0.412. The van der Waals surface area contributed by atoms with E-state index in [2.05, 4.69) is 20.9 Å². The Morgan fingerprint density at radius 3 is 2.52 bits per heavy atom. The zero-order chi connectivity index (χ0) is 22.5. The zero-order valence-corrected chi connectivity index (χ0v) is 19.9. The van der Waals surface area contributed by atoms with Gasteiger partial charge in [-0.1, -0.05) is 0 Å². The van der Waals surface area contributed by atoms with E-state index in [-0.39, 0.29) is 11.9 Å². The number of halogens is 1. The molecule has 7 nitrogen and oxygen atoms in total. The van der Waals surface area contributed by atoms with E-state index in [9.17, 15) is 9.59 Å². The van der Waals surface area contributed by atoms with Crippen LogP contribution in [-0.4, -0.2) is 49.8 Å². The lowest BCUT2D eigenvalue weighted by molar-refractivity contribution is -0.121. The van der Waals surface area contributed by atoms with Gasteiger partial charge in [-0.2, -0.15) is 0 Å². The second-order valence-electron chi connectivity index (χ2n) is 6.37. The highest BCUT2D eigenvalue weighted by Crippen LogP contribution is 2.39. The maximum Gasteiger partial charge on any atom is 0.338 e. The fraction of sp³-hybridized carbons (Fsp3) is 0.227. The van der Waals surface area contributed by atoms with E-state index in [4.69, 9.17) is 14.2 Å². The van der Waals surface area contributed by atoms with Crippen LogP contribution in [0.4, 0.5) is 5.69 Å². The molecular weight excluding hydrogens is 484 g/mol. The lowest BCUT2D eigenvalue weighted by atomic mass is 10.2. The van der Waals surface area contributed by atoms with E-state index in [1.165, 1.54) is 16.7 Å². The third-order valence-corrected chi connectivity index (χ3v) is 6.01. The molecule has 0 atom stereocenters. The molecule has 1 amide bonds. The van der Waals surface area contributed by atoms with Crippen molar-refractivity contribution in [2.24, 2.45) is 4.99 Å². The molecule has 0 N–H and O–H groups in total. The predicted molar refractivity (Wildman–Crippen MR) is 125 cm³/mol. The molecule has 162 valence electrons. The highest BCUT2D eigenvalue weighted by molar-refractivity contribution is 9.10. The van der Waals surface area contributed by atoms with Crippen molar-refractivity contribution < 1.29 is 23.8 Å². The molecule has 0 unspecified atom stereocenters. The van der Waals surface area contributed by atoms with Crippen LogP contribution in [0.3, 0.4) is 0 Å². The van der Waals surface area contributed by atoms with Crippen LogP contribution < -0.4 is 9.47 Å². The number of carbonyl (C=O) groups is 2. The van der Waals surface area contributed by atoms with Crippen LogP contribution in [-0.2, 0) is 9.53 Å². The second kappa shape index (κ2) is 10.0. The minimum absolute atomic E-state index is 0.155. The molecule has 2 aromatic rings. The Balaban J connectivity index is 1.85. The van der Waals surface area contributed by atoms with Crippen LogP contribution >= 0.6 is 27.7 Å². The van der Waals surface area contributed by atoms with Crippen LogP contribution in [0.25, 0.3) is 6.08 Å². The highest BCUT2D eigenvalue weighted by atomic mass is 79.9. The van der Waals surface area contributed by atoms with Crippen LogP contribution in [0, 0.1) is 0 Å². The third kappa shape index (κ3) is 5.11. The second-order valence-corrected chi connectivity index (χ2v) is 8.24. The molecule has 0 bridgehead atoms. The van der Waals surface area contributed by atoms with Gasteiger partial charge in [-0.05, 0) is 82.7 Å². The van der Waals surface area contributed by atoms with Gasteiger partial charge >= 0.3 is 5.97 Å². The maximum absolute atomic E-state index is 12.7. The van der Waals surface area contributed by atoms with Gasteiger partial charge in [-0.3, -0.25) is 9.69 Å². The normalized spacial score (nSPS) is 16.2.